The normalized spacial score (nSPS) is 10.9. The minimum absolute atomic E-state index is 0.818. The molecule has 0 aliphatic heterocycles. The summed E-state index contributed by atoms with van der Waals surface area (Å²) >= 11 is 3.44. The topological polar surface area (TPSA) is 25.0 Å². The van der Waals surface area contributed by atoms with E-state index in [9.17, 15) is 0 Å². The van der Waals surface area contributed by atoms with E-state index in [1.54, 1.807) is 0 Å². The van der Waals surface area contributed by atoms with Crippen LogP contribution in [0.2, 0.25) is 0 Å². The van der Waals surface area contributed by atoms with Crippen molar-refractivity contribution < 1.29 is 4.74 Å². The lowest BCUT2D eigenvalue weighted by Crippen LogP contribution is -1.97. The minimum Gasteiger partial charge on any atom is -0.494 e. The number of fused-ring (bicyclic) bond motifs is 1. The molecule has 1 aromatic carbocycles. The third-order valence-corrected chi connectivity index (χ3v) is 3.38. The van der Waals surface area contributed by atoms with Crippen LogP contribution < -0.4 is 4.74 Å². The molecule has 0 aliphatic rings. The molecule has 0 aliphatic carbocycles. The van der Waals surface area contributed by atoms with Gasteiger partial charge in [0.1, 0.15) is 5.75 Å². The summed E-state index contributed by atoms with van der Waals surface area (Å²) < 4.78 is 5.74. The number of unbranched alkanes of at least 4 members (excludes halogenated alkanes) is 3. The molecular weight excluding hydrogens is 278 g/mol. The van der Waals surface area contributed by atoms with Crippen molar-refractivity contribution in [3.05, 3.63) is 30.5 Å². The van der Waals surface area contributed by atoms with E-state index in [0.717, 1.165) is 29.6 Å². The van der Waals surface area contributed by atoms with E-state index in [-0.39, 0.29) is 0 Å². The Morgan fingerprint density at radius 3 is 2.82 bits per heavy atom. The monoisotopic (exact) mass is 295 g/mol. The number of ether oxygens (including phenoxy) is 1. The Morgan fingerprint density at radius 2 is 1.94 bits per heavy atom. The Labute approximate surface area is 110 Å². The first-order valence-electron chi connectivity index (χ1n) is 6.16. The van der Waals surface area contributed by atoms with Gasteiger partial charge in [-0.15, -0.1) is 0 Å². The van der Waals surface area contributed by atoms with Crippen molar-refractivity contribution in [1.29, 1.82) is 0 Å². The van der Waals surface area contributed by atoms with Crippen LogP contribution in [0.5, 0.6) is 5.75 Å². The number of aromatic amines is 1. The lowest BCUT2D eigenvalue weighted by Gasteiger charge is -2.05. The second-order valence-corrected chi connectivity index (χ2v) is 4.97. The summed E-state index contributed by atoms with van der Waals surface area (Å²) in [6, 6.07) is 8.25. The van der Waals surface area contributed by atoms with Crippen molar-refractivity contribution in [2.24, 2.45) is 0 Å². The summed E-state index contributed by atoms with van der Waals surface area (Å²) in [6.07, 6.45) is 6.88. The minimum atomic E-state index is 0.818. The van der Waals surface area contributed by atoms with E-state index in [1.807, 2.05) is 12.3 Å². The zero-order valence-electron chi connectivity index (χ0n) is 9.92. The average molecular weight is 296 g/mol. The van der Waals surface area contributed by atoms with Crippen molar-refractivity contribution in [3.63, 3.8) is 0 Å². The number of rotatable bonds is 7. The van der Waals surface area contributed by atoms with Crippen LogP contribution in [0.1, 0.15) is 25.7 Å². The molecule has 92 valence electrons. The highest BCUT2D eigenvalue weighted by Gasteiger charge is 1.98. The van der Waals surface area contributed by atoms with Crippen molar-refractivity contribution >= 4 is 26.8 Å². The number of halogens is 1. The molecule has 0 bridgehead atoms. The fraction of sp³-hybridized carbons (Fsp3) is 0.429. The number of hydrogen-bond acceptors (Lipinski definition) is 1. The molecule has 0 amide bonds. The summed E-state index contributed by atoms with van der Waals surface area (Å²) in [5, 5.41) is 2.32. The average Bonchev–Trinajstić information content (AvgIpc) is 2.81. The molecule has 2 aromatic rings. The number of alkyl halides is 1. The van der Waals surface area contributed by atoms with Crippen molar-refractivity contribution in [1.82, 2.24) is 4.98 Å². The second-order valence-electron chi connectivity index (χ2n) is 4.18. The molecule has 1 aromatic heterocycles. The fourth-order valence-corrected chi connectivity index (χ4v) is 2.26. The quantitative estimate of drug-likeness (QED) is 0.590. The largest absolute Gasteiger partial charge is 0.494 e. The Hall–Kier alpha value is -0.960. The van der Waals surface area contributed by atoms with Gasteiger partial charge in [-0.2, -0.15) is 0 Å². The maximum Gasteiger partial charge on any atom is 0.120 e. The predicted octanol–water partition coefficient (Wildman–Crippen LogP) is 4.50. The summed E-state index contributed by atoms with van der Waals surface area (Å²) in [4.78, 5) is 3.18. The highest BCUT2D eigenvalue weighted by molar-refractivity contribution is 9.09. The zero-order valence-corrected chi connectivity index (χ0v) is 11.5. The summed E-state index contributed by atoms with van der Waals surface area (Å²) in [5.74, 6) is 0.970. The first-order chi connectivity index (χ1) is 8.40. The van der Waals surface area contributed by atoms with Gasteiger partial charge in [0.2, 0.25) is 0 Å². The van der Waals surface area contributed by atoms with Gasteiger partial charge >= 0.3 is 0 Å². The number of hydrogen-bond donors (Lipinski definition) is 1. The van der Waals surface area contributed by atoms with E-state index in [1.165, 1.54) is 24.6 Å². The van der Waals surface area contributed by atoms with E-state index in [4.69, 9.17) is 4.74 Å². The van der Waals surface area contributed by atoms with Crippen LogP contribution in [0.15, 0.2) is 30.5 Å². The lowest BCUT2D eigenvalue weighted by molar-refractivity contribution is 0.305. The molecular formula is C14H18BrNO. The van der Waals surface area contributed by atoms with Gasteiger partial charge in [0.25, 0.3) is 0 Å². The molecule has 0 unspecified atom stereocenters. The first kappa shape index (κ1) is 12.5. The van der Waals surface area contributed by atoms with Gasteiger partial charge in [-0.25, -0.2) is 0 Å². The number of benzene rings is 1. The molecule has 2 nitrogen and oxygen atoms in total. The van der Waals surface area contributed by atoms with Crippen LogP contribution in [0.4, 0.5) is 0 Å². The van der Waals surface area contributed by atoms with Crippen LogP contribution >= 0.6 is 15.9 Å². The maximum atomic E-state index is 5.74. The molecule has 0 spiro atoms. The molecule has 0 saturated heterocycles. The van der Waals surface area contributed by atoms with Gasteiger partial charge in [0.05, 0.1) is 6.61 Å². The van der Waals surface area contributed by atoms with Crippen LogP contribution in [0, 0.1) is 0 Å². The molecule has 17 heavy (non-hydrogen) atoms. The Morgan fingerprint density at radius 1 is 1.06 bits per heavy atom. The van der Waals surface area contributed by atoms with Gasteiger partial charge in [-0.05, 0) is 37.1 Å². The van der Waals surface area contributed by atoms with Gasteiger partial charge in [0, 0.05) is 22.4 Å². The van der Waals surface area contributed by atoms with Crippen molar-refractivity contribution in [2.75, 3.05) is 11.9 Å². The molecule has 2 rings (SSSR count). The van der Waals surface area contributed by atoms with Crippen LogP contribution in [-0.4, -0.2) is 16.9 Å². The van der Waals surface area contributed by atoms with Gasteiger partial charge in [0.15, 0.2) is 0 Å². The Bertz CT molecular complexity index is 452. The first-order valence-corrected chi connectivity index (χ1v) is 7.28. The van der Waals surface area contributed by atoms with Crippen LogP contribution in [0.3, 0.4) is 0 Å². The molecule has 0 radical (unpaired) electrons. The predicted molar refractivity (Wildman–Crippen MR) is 76.1 cm³/mol. The van der Waals surface area contributed by atoms with Gasteiger partial charge in [-0.3, -0.25) is 0 Å². The van der Waals surface area contributed by atoms with Crippen LogP contribution in [0.25, 0.3) is 10.9 Å². The highest BCUT2D eigenvalue weighted by atomic mass is 79.9. The smallest absolute Gasteiger partial charge is 0.120 e. The number of aromatic nitrogens is 1. The standard InChI is InChI=1S/C14H18BrNO/c15-8-3-1-2-4-10-17-13-5-6-14-12(11-13)7-9-16-14/h5-7,9,11,16H,1-4,8,10H2. The molecule has 3 heteroatoms. The van der Waals surface area contributed by atoms with E-state index < -0.39 is 0 Å². The van der Waals surface area contributed by atoms with Crippen molar-refractivity contribution in [2.45, 2.75) is 25.7 Å². The molecule has 1 heterocycles. The van der Waals surface area contributed by atoms with Gasteiger partial charge < -0.3 is 9.72 Å². The molecule has 0 fully saturated rings. The van der Waals surface area contributed by atoms with E-state index >= 15 is 0 Å². The van der Waals surface area contributed by atoms with Crippen LogP contribution in [-0.2, 0) is 0 Å². The summed E-state index contributed by atoms with van der Waals surface area (Å²) in [7, 11) is 0. The molecule has 0 atom stereocenters. The number of H-pyrrole nitrogens is 1. The highest BCUT2D eigenvalue weighted by Crippen LogP contribution is 2.19. The van der Waals surface area contributed by atoms with Gasteiger partial charge in [-0.1, -0.05) is 28.8 Å². The van der Waals surface area contributed by atoms with Crippen molar-refractivity contribution in [3.8, 4) is 5.75 Å². The third-order valence-electron chi connectivity index (χ3n) is 2.82. The SMILES string of the molecule is BrCCCCCCOc1ccc2[nH]ccc2c1. The summed E-state index contributed by atoms with van der Waals surface area (Å²) in [5.41, 5.74) is 1.16. The zero-order chi connectivity index (χ0) is 11.9. The fourth-order valence-electron chi connectivity index (χ4n) is 1.86. The van der Waals surface area contributed by atoms with E-state index in [2.05, 4.69) is 39.1 Å². The molecule has 0 saturated carbocycles. The summed E-state index contributed by atoms with van der Waals surface area (Å²) in [6.45, 7) is 0.818. The second kappa shape index (κ2) is 6.70. The van der Waals surface area contributed by atoms with E-state index in [0.29, 0.717) is 0 Å². The Kier molecular flexibility index (Phi) is 4.92. The Balaban J connectivity index is 1.75. The lowest BCUT2D eigenvalue weighted by atomic mass is 10.2. The third kappa shape index (κ3) is 3.77. The molecule has 1 N–H and O–H groups in total. The number of nitrogens with one attached hydrogen (secondary N) is 1. The maximum absolute atomic E-state index is 5.74.